The van der Waals surface area contributed by atoms with Gasteiger partial charge >= 0.3 is 0 Å². The van der Waals surface area contributed by atoms with Gasteiger partial charge in [0, 0.05) is 6.20 Å². The molecule has 1 aromatic carbocycles. The van der Waals surface area contributed by atoms with Crippen LogP contribution in [0.4, 0.5) is 0 Å². The first kappa shape index (κ1) is 11.8. The van der Waals surface area contributed by atoms with Gasteiger partial charge < -0.3 is 0 Å². The van der Waals surface area contributed by atoms with E-state index in [4.69, 9.17) is 23.2 Å². The van der Waals surface area contributed by atoms with Gasteiger partial charge in [0.2, 0.25) is 0 Å². The van der Waals surface area contributed by atoms with Gasteiger partial charge in [-0.1, -0.05) is 29.3 Å². The van der Waals surface area contributed by atoms with E-state index < -0.39 is 5.92 Å². The highest BCUT2D eigenvalue weighted by atomic mass is 35.5. The number of benzene rings is 1. The molecule has 0 radical (unpaired) electrons. The number of halogens is 2. The molecule has 1 unspecified atom stereocenters. The summed E-state index contributed by atoms with van der Waals surface area (Å²) in [6.45, 7) is 0. The van der Waals surface area contributed by atoms with Crippen molar-refractivity contribution in [3.05, 3.63) is 57.8 Å². The highest BCUT2D eigenvalue weighted by Crippen LogP contribution is 2.28. The van der Waals surface area contributed by atoms with E-state index in [9.17, 15) is 5.26 Å². The van der Waals surface area contributed by atoms with Crippen molar-refractivity contribution < 1.29 is 0 Å². The van der Waals surface area contributed by atoms with Crippen LogP contribution in [0, 0.1) is 11.3 Å². The summed E-state index contributed by atoms with van der Waals surface area (Å²) in [5, 5.41) is 17.8. The molecule has 0 spiro atoms. The summed E-state index contributed by atoms with van der Waals surface area (Å²) in [6.07, 6.45) is 1.56. The minimum atomic E-state index is -0.488. The van der Waals surface area contributed by atoms with E-state index in [0.717, 1.165) is 5.56 Å². The van der Waals surface area contributed by atoms with Crippen LogP contribution >= 0.6 is 23.2 Å². The van der Waals surface area contributed by atoms with Gasteiger partial charge in [-0.15, -0.1) is 0 Å². The van der Waals surface area contributed by atoms with Crippen molar-refractivity contribution in [2.75, 3.05) is 0 Å². The lowest BCUT2D eigenvalue weighted by atomic mass is 9.97. The quantitative estimate of drug-likeness (QED) is 0.834. The molecule has 0 fully saturated rings. The second kappa shape index (κ2) is 5.13. The van der Waals surface area contributed by atoms with E-state index in [2.05, 4.69) is 16.3 Å². The van der Waals surface area contributed by atoms with Crippen LogP contribution in [0.25, 0.3) is 0 Å². The van der Waals surface area contributed by atoms with Crippen LogP contribution in [0.5, 0.6) is 0 Å². The third-order valence-electron chi connectivity index (χ3n) is 2.29. The van der Waals surface area contributed by atoms with Gasteiger partial charge in [-0.2, -0.15) is 15.5 Å². The predicted molar refractivity (Wildman–Crippen MR) is 66.0 cm³/mol. The Morgan fingerprint density at radius 3 is 2.59 bits per heavy atom. The summed E-state index contributed by atoms with van der Waals surface area (Å²) in [4.78, 5) is 0. The molecule has 0 saturated heterocycles. The van der Waals surface area contributed by atoms with Crippen LogP contribution in [-0.4, -0.2) is 10.2 Å². The molecule has 1 heterocycles. The van der Waals surface area contributed by atoms with Gasteiger partial charge in [0.1, 0.15) is 5.92 Å². The maximum atomic E-state index is 9.20. The van der Waals surface area contributed by atoms with E-state index in [-0.39, 0.29) is 0 Å². The second-order valence-corrected chi connectivity index (χ2v) is 4.20. The van der Waals surface area contributed by atoms with Crippen molar-refractivity contribution in [3.63, 3.8) is 0 Å². The zero-order chi connectivity index (χ0) is 12.3. The first-order chi connectivity index (χ1) is 8.22. The Kier molecular flexibility index (Phi) is 3.58. The second-order valence-electron chi connectivity index (χ2n) is 3.38. The van der Waals surface area contributed by atoms with Crippen molar-refractivity contribution in [2.24, 2.45) is 0 Å². The third-order valence-corrected chi connectivity index (χ3v) is 3.03. The minimum absolute atomic E-state index is 0.424. The minimum Gasteiger partial charge on any atom is -0.197 e. The molecular formula is C12H7Cl2N3. The maximum absolute atomic E-state index is 9.20. The Labute approximate surface area is 109 Å². The summed E-state index contributed by atoms with van der Waals surface area (Å²) >= 11 is 11.8. The van der Waals surface area contributed by atoms with Crippen LogP contribution in [0.1, 0.15) is 17.2 Å². The molecular weight excluding hydrogens is 257 g/mol. The molecule has 0 saturated carbocycles. The Hall–Kier alpha value is -1.63. The van der Waals surface area contributed by atoms with Crippen molar-refractivity contribution in [1.29, 1.82) is 5.26 Å². The smallest absolute Gasteiger partial charge is 0.115 e. The predicted octanol–water partition coefficient (Wildman–Crippen LogP) is 3.44. The number of hydrogen-bond acceptors (Lipinski definition) is 3. The molecule has 0 aliphatic rings. The topological polar surface area (TPSA) is 49.6 Å². The molecule has 1 atom stereocenters. The first-order valence-corrected chi connectivity index (χ1v) is 5.60. The Balaban J connectivity index is 2.44. The fraction of sp³-hybridized carbons (Fsp3) is 0.0833. The number of nitriles is 1. The standard InChI is InChI=1S/C12H7Cl2N3/c13-10-4-3-8(6-11(10)14)9(7-15)12-2-1-5-16-17-12/h1-6,9H. The molecule has 3 nitrogen and oxygen atoms in total. The van der Waals surface area contributed by atoms with Crippen LogP contribution in [-0.2, 0) is 0 Å². The third kappa shape index (κ3) is 2.55. The van der Waals surface area contributed by atoms with Gasteiger partial charge in [-0.25, -0.2) is 0 Å². The van der Waals surface area contributed by atoms with Gasteiger partial charge in [-0.05, 0) is 29.8 Å². The maximum Gasteiger partial charge on any atom is 0.115 e. The molecule has 0 N–H and O–H groups in total. The first-order valence-electron chi connectivity index (χ1n) is 4.84. The van der Waals surface area contributed by atoms with E-state index in [0.29, 0.717) is 15.7 Å². The number of rotatable bonds is 2. The van der Waals surface area contributed by atoms with Crippen LogP contribution in [0.3, 0.4) is 0 Å². The lowest BCUT2D eigenvalue weighted by molar-refractivity contribution is 0.884. The Morgan fingerprint density at radius 2 is 2.00 bits per heavy atom. The molecule has 2 rings (SSSR count). The lowest BCUT2D eigenvalue weighted by Gasteiger charge is -2.08. The molecule has 0 amide bonds. The molecule has 1 aromatic heterocycles. The summed E-state index contributed by atoms with van der Waals surface area (Å²) in [5.74, 6) is -0.488. The van der Waals surface area contributed by atoms with Crippen LogP contribution in [0.2, 0.25) is 10.0 Å². The normalized spacial score (nSPS) is 11.8. The molecule has 17 heavy (non-hydrogen) atoms. The van der Waals surface area contributed by atoms with Gasteiger partial charge in [0.15, 0.2) is 0 Å². The van der Waals surface area contributed by atoms with Crippen LogP contribution < -0.4 is 0 Å². The number of hydrogen-bond donors (Lipinski definition) is 0. The monoisotopic (exact) mass is 263 g/mol. The highest BCUT2D eigenvalue weighted by Gasteiger charge is 2.16. The Bertz CT molecular complexity index is 564. The number of nitrogens with zero attached hydrogens (tertiary/aromatic N) is 3. The fourth-order valence-corrected chi connectivity index (χ4v) is 1.78. The zero-order valence-electron chi connectivity index (χ0n) is 8.64. The molecule has 5 heteroatoms. The van der Waals surface area contributed by atoms with Crippen molar-refractivity contribution in [3.8, 4) is 6.07 Å². The van der Waals surface area contributed by atoms with Gasteiger partial charge in [-0.3, -0.25) is 0 Å². The number of aromatic nitrogens is 2. The average molecular weight is 264 g/mol. The van der Waals surface area contributed by atoms with Crippen molar-refractivity contribution in [1.82, 2.24) is 10.2 Å². The molecule has 0 bridgehead atoms. The van der Waals surface area contributed by atoms with Gasteiger partial charge in [0.05, 0.1) is 21.8 Å². The average Bonchev–Trinajstić information content (AvgIpc) is 2.36. The summed E-state index contributed by atoms with van der Waals surface area (Å²) in [6, 6.07) is 10.8. The largest absolute Gasteiger partial charge is 0.197 e. The SMILES string of the molecule is N#CC(c1ccc(Cl)c(Cl)c1)c1cccnn1. The van der Waals surface area contributed by atoms with E-state index in [1.807, 2.05) is 0 Å². The zero-order valence-corrected chi connectivity index (χ0v) is 10.2. The van der Waals surface area contributed by atoms with E-state index >= 15 is 0 Å². The molecule has 84 valence electrons. The lowest BCUT2D eigenvalue weighted by Crippen LogP contribution is -2.01. The van der Waals surface area contributed by atoms with Crippen LogP contribution in [0.15, 0.2) is 36.5 Å². The van der Waals surface area contributed by atoms with E-state index in [1.54, 1.807) is 36.5 Å². The van der Waals surface area contributed by atoms with Gasteiger partial charge in [0.25, 0.3) is 0 Å². The molecule has 2 aromatic rings. The summed E-state index contributed by atoms with van der Waals surface area (Å²) < 4.78 is 0. The molecule has 0 aliphatic heterocycles. The summed E-state index contributed by atoms with van der Waals surface area (Å²) in [5.41, 5.74) is 1.34. The van der Waals surface area contributed by atoms with E-state index in [1.165, 1.54) is 0 Å². The fourth-order valence-electron chi connectivity index (χ4n) is 1.47. The summed E-state index contributed by atoms with van der Waals surface area (Å²) in [7, 11) is 0. The Morgan fingerprint density at radius 1 is 1.18 bits per heavy atom. The van der Waals surface area contributed by atoms with Crippen molar-refractivity contribution >= 4 is 23.2 Å². The molecule has 0 aliphatic carbocycles. The highest BCUT2D eigenvalue weighted by molar-refractivity contribution is 6.42. The van der Waals surface area contributed by atoms with Crippen molar-refractivity contribution in [2.45, 2.75) is 5.92 Å².